The van der Waals surface area contributed by atoms with E-state index in [-0.39, 0.29) is 6.79 Å². The number of rotatable bonds is 3. The molecule has 0 spiro atoms. The van der Waals surface area contributed by atoms with Crippen LogP contribution in [0.15, 0.2) is 34.8 Å². The Bertz CT molecular complexity index is 687. The number of fused-ring (bicyclic) bond motifs is 1. The maximum atomic E-state index is 10.4. The summed E-state index contributed by atoms with van der Waals surface area (Å²) in [5, 5.41) is 11.1. The molecule has 1 aliphatic heterocycles. The summed E-state index contributed by atoms with van der Waals surface area (Å²) in [4.78, 5) is 0. The van der Waals surface area contributed by atoms with Crippen molar-refractivity contribution in [3.63, 3.8) is 0 Å². The molecule has 110 valence electrons. The van der Waals surface area contributed by atoms with Gasteiger partial charge in [0.15, 0.2) is 11.5 Å². The van der Waals surface area contributed by atoms with Crippen LogP contribution in [-0.4, -0.2) is 11.9 Å². The first-order valence-corrected chi connectivity index (χ1v) is 7.74. The lowest BCUT2D eigenvalue weighted by molar-refractivity contribution is 0.171. The zero-order chi connectivity index (χ0) is 15.0. The van der Waals surface area contributed by atoms with Crippen LogP contribution < -0.4 is 9.47 Å². The molecule has 21 heavy (non-hydrogen) atoms. The molecule has 1 unspecified atom stereocenters. The Balaban J connectivity index is 1.85. The highest BCUT2D eigenvalue weighted by atomic mass is 79.9. The third-order valence-electron chi connectivity index (χ3n) is 3.46. The van der Waals surface area contributed by atoms with Crippen molar-refractivity contribution in [1.29, 1.82) is 0 Å². The van der Waals surface area contributed by atoms with E-state index in [0.717, 1.165) is 21.2 Å². The molecule has 0 aromatic heterocycles. The molecule has 2 aromatic rings. The standard InChI is InChI=1S/C16H14BrClO3/c1-9-2-3-10(13(18)4-9)6-14(19)11-5-12(17)16-15(7-11)20-8-21-16/h2-5,7,14,19H,6,8H2,1H3. The maximum absolute atomic E-state index is 10.4. The van der Waals surface area contributed by atoms with Gasteiger partial charge in [-0.1, -0.05) is 23.7 Å². The molecule has 0 aliphatic carbocycles. The lowest BCUT2D eigenvalue weighted by Crippen LogP contribution is -2.03. The lowest BCUT2D eigenvalue weighted by Gasteiger charge is -2.14. The van der Waals surface area contributed by atoms with Gasteiger partial charge in [0, 0.05) is 11.4 Å². The van der Waals surface area contributed by atoms with Gasteiger partial charge in [0.2, 0.25) is 6.79 Å². The van der Waals surface area contributed by atoms with Gasteiger partial charge in [-0.25, -0.2) is 0 Å². The normalized spacial score (nSPS) is 14.3. The van der Waals surface area contributed by atoms with Gasteiger partial charge in [-0.05, 0) is 57.7 Å². The highest BCUT2D eigenvalue weighted by Gasteiger charge is 2.21. The fourth-order valence-electron chi connectivity index (χ4n) is 2.32. The molecule has 0 radical (unpaired) electrons. The average molecular weight is 370 g/mol. The molecular weight excluding hydrogens is 356 g/mol. The minimum absolute atomic E-state index is 0.206. The zero-order valence-corrected chi connectivity index (χ0v) is 13.7. The number of ether oxygens (including phenoxy) is 2. The van der Waals surface area contributed by atoms with Crippen LogP contribution in [0.2, 0.25) is 5.02 Å². The molecule has 2 aromatic carbocycles. The molecule has 0 bridgehead atoms. The van der Waals surface area contributed by atoms with Gasteiger partial charge >= 0.3 is 0 Å². The average Bonchev–Trinajstić information content (AvgIpc) is 2.90. The second kappa shape index (κ2) is 5.87. The molecule has 0 saturated heterocycles. The maximum Gasteiger partial charge on any atom is 0.231 e. The Kier molecular flexibility index (Phi) is 4.11. The number of benzene rings is 2. The van der Waals surface area contributed by atoms with E-state index in [4.69, 9.17) is 21.1 Å². The molecular formula is C16H14BrClO3. The van der Waals surface area contributed by atoms with Crippen molar-refractivity contribution < 1.29 is 14.6 Å². The number of aliphatic hydroxyl groups excluding tert-OH is 1. The summed E-state index contributed by atoms with van der Waals surface area (Å²) >= 11 is 9.65. The molecule has 1 heterocycles. The van der Waals surface area contributed by atoms with Crippen molar-refractivity contribution in [2.45, 2.75) is 19.4 Å². The summed E-state index contributed by atoms with van der Waals surface area (Å²) in [6.07, 6.45) is -0.207. The fourth-order valence-corrected chi connectivity index (χ4v) is 3.21. The van der Waals surface area contributed by atoms with Crippen LogP contribution >= 0.6 is 27.5 Å². The van der Waals surface area contributed by atoms with Gasteiger partial charge in [-0.3, -0.25) is 0 Å². The third-order valence-corrected chi connectivity index (χ3v) is 4.40. The van der Waals surface area contributed by atoms with E-state index in [9.17, 15) is 5.11 Å². The molecule has 0 saturated carbocycles. The van der Waals surface area contributed by atoms with Crippen LogP contribution in [0.5, 0.6) is 11.5 Å². The Morgan fingerprint density at radius 3 is 2.86 bits per heavy atom. The van der Waals surface area contributed by atoms with Crippen LogP contribution in [0.25, 0.3) is 0 Å². The van der Waals surface area contributed by atoms with E-state index in [1.54, 1.807) is 6.07 Å². The minimum atomic E-state index is -0.656. The first-order chi connectivity index (χ1) is 10.0. The summed E-state index contributed by atoms with van der Waals surface area (Å²) in [6, 6.07) is 9.49. The lowest BCUT2D eigenvalue weighted by atomic mass is 10.00. The van der Waals surface area contributed by atoms with E-state index >= 15 is 0 Å². The Labute approximate surface area is 136 Å². The van der Waals surface area contributed by atoms with Crippen LogP contribution in [0, 0.1) is 6.92 Å². The van der Waals surface area contributed by atoms with Crippen molar-refractivity contribution in [3.8, 4) is 11.5 Å². The molecule has 3 nitrogen and oxygen atoms in total. The highest BCUT2D eigenvalue weighted by molar-refractivity contribution is 9.10. The largest absolute Gasteiger partial charge is 0.454 e. The van der Waals surface area contributed by atoms with E-state index in [1.807, 2.05) is 31.2 Å². The topological polar surface area (TPSA) is 38.7 Å². The summed E-state index contributed by atoms with van der Waals surface area (Å²) in [7, 11) is 0. The van der Waals surface area contributed by atoms with E-state index in [0.29, 0.717) is 22.9 Å². The fraction of sp³-hybridized carbons (Fsp3) is 0.250. The monoisotopic (exact) mass is 368 g/mol. The van der Waals surface area contributed by atoms with Gasteiger partial charge in [-0.2, -0.15) is 0 Å². The van der Waals surface area contributed by atoms with Crippen molar-refractivity contribution >= 4 is 27.5 Å². The van der Waals surface area contributed by atoms with Gasteiger partial charge in [-0.15, -0.1) is 0 Å². The predicted molar refractivity (Wildman–Crippen MR) is 85.1 cm³/mol. The quantitative estimate of drug-likeness (QED) is 0.870. The minimum Gasteiger partial charge on any atom is -0.454 e. The van der Waals surface area contributed by atoms with Crippen molar-refractivity contribution in [2.75, 3.05) is 6.79 Å². The molecule has 3 rings (SSSR count). The summed E-state index contributed by atoms with van der Waals surface area (Å²) < 4.78 is 11.5. The first kappa shape index (κ1) is 14.7. The number of aliphatic hydroxyl groups is 1. The number of hydrogen-bond acceptors (Lipinski definition) is 3. The van der Waals surface area contributed by atoms with E-state index < -0.39 is 6.10 Å². The summed E-state index contributed by atoms with van der Waals surface area (Å²) in [6.45, 7) is 2.19. The van der Waals surface area contributed by atoms with Gasteiger partial charge in [0.05, 0.1) is 10.6 Å². The van der Waals surface area contributed by atoms with Crippen molar-refractivity contribution in [1.82, 2.24) is 0 Å². The van der Waals surface area contributed by atoms with Crippen LogP contribution in [-0.2, 0) is 6.42 Å². The molecule has 1 N–H and O–H groups in total. The second-order valence-electron chi connectivity index (χ2n) is 5.05. The summed E-state index contributed by atoms with van der Waals surface area (Å²) in [5.74, 6) is 1.33. The zero-order valence-electron chi connectivity index (χ0n) is 11.4. The molecule has 1 aliphatic rings. The molecule has 5 heteroatoms. The van der Waals surface area contributed by atoms with Crippen molar-refractivity contribution in [3.05, 3.63) is 56.5 Å². The van der Waals surface area contributed by atoms with E-state index in [1.165, 1.54) is 0 Å². The Morgan fingerprint density at radius 1 is 1.29 bits per heavy atom. The van der Waals surface area contributed by atoms with Crippen molar-refractivity contribution in [2.24, 2.45) is 0 Å². The SMILES string of the molecule is Cc1ccc(CC(O)c2cc(Br)c3c(c2)OCO3)c(Cl)c1. The van der Waals surface area contributed by atoms with Gasteiger partial charge < -0.3 is 14.6 Å². The predicted octanol–water partition coefficient (Wildman–Crippen LogP) is 4.42. The molecule has 0 amide bonds. The first-order valence-electron chi connectivity index (χ1n) is 6.56. The third kappa shape index (κ3) is 3.03. The van der Waals surface area contributed by atoms with Crippen LogP contribution in [0.3, 0.4) is 0 Å². The highest BCUT2D eigenvalue weighted by Crippen LogP contribution is 2.41. The van der Waals surface area contributed by atoms with Gasteiger partial charge in [0.1, 0.15) is 0 Å². The number of aryl methyl sites for hydroxylation is 1. The smallest absolute Gasteiger partial charge is 0.231 e. The van der Waals surface area contributed by atoms with Crippen LogP contribution in [0.1, 0.15) is 22.8 Å². The molecule has 1 atom stereocenters. The van der Waals surface area contributed by atoms with Crippen LogP contribution in [0.4, 0.5) is 0 Å². The van der Waals surface area contributed by atoms with Gasteiger partial charge in [0.25, 0.3) is 0 Å². The Hall–Kier alpha value is -1.23. The number of hydrogen-bond donors (Lipinski definition) is 1. The van der Waals surface area contributed by atoms with E-state index in [2.05, 4.69) is 15.9 Å². The second-order valence-corrected chi connectivity index (χ2v) is 6.31. The Morgan fingerprint density at radius 2 is 2.10 bits per heavy atom. The molecule has 0 fully saturated rings. The number of halogens is 2. The summed E-state index contributed by atoms with van der Waals surface area (Å²) in [5.41, 5.74) is 2.79.